The van der Waals surface area contributed by atoms with Gasteiger partial charge in [-0.25, -0.2) is 0 Å². The minimum absolute atomic E-state index is 0.188. The van der Waals surface area contributed by atoms with E-state index < -0.39 is 10.1 Å². The second kappa shape index (κ2) is 4.57. The van der Waals surface area contributed by atoms with Gasteiger partial charge >= 0.3 is 0 Å². The monoisotopic (exact) mass is 213 g/mol. The lowest BCUT2D eigenvalue weighted by atomic mass is 10.2. The summed E-state index contributed by atoms with van der Waals surface area (Å²) in [6, 6.07) is 6.55. The average Bonchev–Trinajstić information content (AvgIpc) is 2.16. The molecule has 0 amide bonds. The second-order valence-electron chi connectivity index (χ2n) is 2.94. The van der Waals surface area contributed by atoms with Gasteiger partial charge in [-0.2, -0.15) is 8.42 Å². The molecule has 0 heterocycles. The highest BCUT2D eigenvalue weighted by atomic mass is 32.2. The number of rotatable bonds is 4. The number of hydrogen-bond acceptors (Lipinski definition) is 3. The third kappa shape index (κ3) is 2.82. The van der Waals surface area contributed by atoms with Crippen molar-refractivity contribution < 1.29 is 12.6 Å². The molecule has 0 saturated carbocycles. The zero-order chi connectivity index (χ0) is 10.6. The van der Waals surface area contributed by atoms with Gasteiger partial charge in [-0.15, -0.1) is 0 Å². The highest BCUT2D eigenvalue weighted by Gasteiger charge is 2.13. The molecule has 1 aromatic carbocycles. The molecule has 0 saturated heterocycles. The first-order valence-corrected chi connectivity index (χ1v) is 5.78. The Morgan fingerprint density at radius 1 is 1.29 bits per heavy atom. The van der Waals surface area contributed by atoms with Crippen LogP contribution in [0.15, 0.2) is 29.2 Å². The molecule has 0 atom stereocenters. The molecule has 1 radical (unpaired) electrons. The lowest BCUT2D eigenvalue weighted by Gasteiger charge is -2.03. The summed E-state index contributed by atoms with van der Waals surface area (Å²) in [5.41, 5.74) is 1.02. The fraction of sp³-hybridized carbons (Fsp3) is 0.300. The van der Waals surface area contributed by atoms with E-state index in [2.05, 4.69) is 4.18 Å². The molecule has 1 rings (SSSR count). The van der Waals surface area contributed by atoms with E-state index >= 15 is 0 Å². The van der Waals surface area contributed by atoms with Crippen LogP contribution < -0.4 is 0 Å². The van der Waals surface area contributed by atoms with Crippen LogP contribution >= 0.6 is 0 Å². The summed E-state index contributed by atoms with van der Waals surface area (Å²) in [5.74, 6) is 0. The summed E-state index contributed by atoms with van der Waals surface area (Å²) in [7, 11) is -3.59. The van der Waals surface area contributed by atoms with Gasteiger partial charge in [0.1, 0.15) is 6.61 Å². The van der Waals surface area contributed by atoms with Gasteiger partial charge in [-0.3, -0.25) is 4.18 Å². The summed E-state index contributed by atoms with van der Waals surface area (Å²) in [6.07, 6.45) is 0.561. The Morgan fingerprint density at radius 2 is 1.86 bits per heavy atom. The van der Waals surface area contributed by atoms with Crippen LogP contribution in [-0.2, 0) is 14.3 Å². The lowest BCUT2D eigenvalue weighted by molar-refractivity contribution is 0.385. The Hall–Kier alpha value is -0.870. The first kappa shape index (κ1) is 11.2. The van der Waals surface area contributed by atoms with E-state index in [1.807, 2.05) is 13.8 Å². The molecule has 0 unspecified atom stereocenters. The van der Waals surface area contributed by atoms with Gasteiger partial charge in [0.25, 0.3) is 10.1 Å². The minimum Gasteiger partial charge on any atom is -0.260 e. The summed E-state index contributed by atoms with van der Waals surface area (Å²) < 4.78 is 27.5. The summed E-state index contributed by atoms with van der Waals surface area (Å²) >= 11 is 0. The van der Waals surface area contributed by atoms with Gasteiger partial charge < -0.3 is 0 Å². The van der Waals surface area contributed by atoms with Crippen molar-refractivity contribution in [1.29, 1.82) is 0 Å². The minimum atomic E-state index is -3.59. The van der Waals surface area contributed by atoms with Crippen molar-refractivity contribution in [2.45, 2.75) is 25.2 Å². The van der Waals surface area contributed by atoms with E-state index in [9.17, 15) is 8.42 Å². The molecule has 0 bridgehead atoms. The first-order chi connectivity index (χ1) is 6.56. The van der Waals surface area contributed by atoms with E-state index in [0.717, 1.165) is 5.56 Å². The van der Waals surface area contributed by atoms with Crippen molar-refractivity contribution in [3.63, 3.8) is 0 Å². The van der Waals surface area contributed by atoms with Crippen LogP contribution in [0.5, 0.6) is 0 Å². The SMILES string of the molecule is CC[CH]OS(=O)(=O)c1ccc(C)cc1. The number of benzene rings is 1. The molecule has 0 aliphatic heterocycles. The van der Waals surface area contributed by atoms with Crippen LogP contribution in [0.1, 0.15) is 18.9 Å². The first-order valence-electron chi connectivity index (χ1n) is 4.38. The van der Waals surface area contributed by atoms with E-state index in [4.69, 9.17) is 0 Å². The molecular formula is C10H13O3S. The second-order valence-corrected chi connectivity index (χ2v) is 4.51. The predicted molar refractivity (Wildman–Crippen MR) is 54.0 cm³/mol. The van der Waals surface area contributed by atoms with Crippen molar-refractivity contribution in [2.24, 2.45) is 0 Å². The third-order valence-corrected chi connectivity index (χ3v) is 2.91. The van der Waals surface area contributed by atoms with Crippen molar-refractivity contribution in [1.82, 2.24) is 0 Å². The highest BCUT2D eigenvalue weighted by Crippen LogP contribution is 2.14. The van der Waals surface area contributed by atoms with E-state index in [1.54, 1.807) is 12.1 Å². The van der Waals surface area contributed by atoms with Crippen LogP contribution in [0.25, 0.3) is 0 Å². The molecule has 0 spiro atoms. The molecule has 0 aromatic heterocycles. The maximum Gasteiger partial charge on any atom is 0.297 e. The predicted octanol–water partition coefficient (Wildman–Crippen LogP) is 2.27. The number of aryl methyl sites for hydroxylation is 1. The molecule has 0 N–H and O–H groups in total. The van der Waals surface area contributed by atoms with Gasteiger partial charge in [0.2, 0.25) is 0 Å². The Bertz CT molecular complexity index is 378. The van der Waals surface area contributed by atoms with E-state index in [1.165, 1.54) is 18.7 Å². The molecule has 4 heteroatoms. The molecular weight excluding hydrogens is 200 g/mol. The maximum absolute atomic E-state index is 11.4. The quantitative estimate of drug-likeness (QED) is 0.720. The topological polar surface area (TPSA) is 43.4 Å². The van der Waals surface area contributed by atoms with Crippen LogP contribution in [0.3, 0.4) is 0 Å². The van der Waals surface area contributed by atoms with Gasteiger partial charge in [0.05, 0.1) is 4.90 Å². The van der Waals surface area contributed by atoms with Crippen molar-refractivity contribution >= 4 is 10.1 Å². The van der Waals surface area contributed by atoms with Gasteiger partial charge in [-0.05, 0) is 25.5 Å². The van der Waals surface area contributed by atoms with Crippen molar-refractivity contribution in [2.75, 3.05) is 0 Å². The summed E-state index contributed by atoms with van der Waals surface area (Å²) in [6.45, 7) is 4.98. The fourth-order valence-corrected chi connectivity index (χ4v) is 1.81. The van der Waals surface area contributed by atoms with Crippen LogP contribution in [0.2, 0.25) is 0 Å². The molecule has 3 nitrogen and oxygen atoms in total. The van der Waals surface area contributed by atoms with Crippen LogP contribution in [0, 0.1) is 13.5 Å². The highest BCUT2D eigenvalue weighted by molar-refractivity contribution is 7.86. The summed E-state index contributed by atoms with van der Waals surface area (Å²) in [4.78, 5) is 0.188. The van der Waals surface area contributed by atoms with Gasteiger partial charge in [0.15, 0.2) is 0 Å². The third-order valence-electron chi connectivity index (χ3n) is 1.67. The zero-order valence-electron chi connectivity index (χ0n) is 8.23. The van der Waals surface area contributed by atoms with Gasteiger partial charge in [0, 0.05) is 0 Å². The molecule has 0 aliphatic rings. The zero-order valence-corrected chi connectivity index (χ0v) is 9.04. The molecule has 1 aromatic rings. The smallest absolute Gasteiger partial charge is 0.260 e. The fourth-order valence-electron chi connectivity index (χ4n) is 0.918. The van der Waals surface area contributed by atoms with Crippen molar-refractivity contribution in [3.05, 3.63) is 36.4 Å². The van der Waals surface area contributed by atoms with Crippen LogP contribution in [-0.4, -0.2) is 8.42 Å². The van der Waals surface area contributed by atoms with Gasteiger partial charge in [-0.1, -0.05) is 24.6 Å². The molecule has 14 heavy (non-hydrogen) atoms. The van der Waals surface area contributed by atoms with Crippen molar-refractivity contribution in [3.8, 4) is 0 Å². The van der Waals surface area contributed by atoms with E-state index in [0.29, 0.717) is 6.42 Å². The average molecular weight is 213 g/mol. The van der Waals surface area contributed by atoms with E-state index in [-0.39, 0.29) is 4.90 Å². The maximum atomic E-state index is 11.4. The Morgan fingerprint density at radius 3 is 2.36 bits per heavy atom. The standard InChI is InChI=1S/C10H13O3S/c1-3-8-13-14(11,12)10-6-4-9(2)5-7-10/h4-8H,3H2,1-2H3. The molecule has 77 valence electrons. The lowest BCUT2D eigenvalue weighted by Crippen LogP contribution is -2.04. The Labute approximate surface area is 84.8 Å². The summed E-state index contributed by atoms with van der Waals surface area (Å²) in [5, 5.41) is 0. The Kier molecular flexibility index (Phi) is 3.66. The normalized spacial score (nSPS) is 11.6. The molecule has 0 fully saturated rings. The largest absolute Gasteiger partial charge is 0.297 e. The Balaban J connectivity index is 2.87. The number of hydrogen-bond donors (Lipinski definition) is 0. The molecule has 0 aliphatic carbocycles. The van der Waals surface area contributed by atoms with Crippen LogP contribution in [0.4, 0.5) is 0 Å².